The molecule has 0 bridgehead atoms. The zero-order valence-electron chi connectivity index (χ0n) is 12.0. The molecule has 1 unspecified atom stereocenters. The first-order valence-corrected chi connectivity index (χ1v) is 6.62. The molecule has 1 aromatic carbocycles. The van der Waals surface area contributed by atoms with Crippen molar-refractivity contribution < 1.29 is 10.0 Å². The van der Waals surface area contributed by atoms with Gasteiger partial charge in [-0.1, -0.05) is 29.4 Å². The Bertz CT molecular complexity index is 684. The van der Waals surface area contributed by atoms with Gasteiger partial charge >= 0.3 is 0 Å². The second kappa shape index (κ2) is 6.21. The van der Waals surface area contributed by atoms with Crippen LogP contribution in [-0.2, 0) is 0 Å². The van der Waals surface area contributed by atoms with Gasteiger partial charge < -0.3 is 15.8 Å². The Hall–Kier alpha value is -2.63. The summed E-state index contributed by atoms with van der Waals surface area (Å²) in [5.41, 5.74) is 6.63. The highest BCUT2D eigenvalue weighted by Crippen LogP contribution is 2.14. The zero-order valence-corrected chi connectivity index (χ0v) is 12.0. The fraction of sp³-hybridized carbons (Fsp3) is 0.267. The van der Waals surface area contributed by atoms with Gasteiger partial charge in [0.05, 0.1) is 5.52 Å². The lowest BCUT2D eigenvalue weighted by Crippen LogP contribution is -2.38. The third-order valence-electron chi connectivity index (χ3n) is 3.43. The number of nitrogens with two attached hydrogens (primary N) is 1. The molecule has 6 nitrogen and oxygen atoms in total. The molecule has 0 radical (unpaired) electrons. The van der Waals surface area contributed by atoms with Crippen molar-refractivity contribution >= 4 is 22.6 Å². The summed E-state index contributed by atoms with van der Waals surface area (Å²) in [6, 6.07) is 11.0. The number of hydrogen-bond donors (Lipinski definition) is 2. The molecule has 21 heavy (non-hydrogen) atoms. The van der Waals surface area contributed by atoms with E-state index in [2.05, 4.69) is 10.1 Å². The van der Waals surface area contributed by atoms with Crippen LogP contribution in [0.25, 0.3) is 10.9 Å². The maximum absolute atomic E-state index is 12.4. The van der Waals surface area contributed by atoms with Gasteiger partial charge in [-0.3, -0.25) is 4.79 Å². The Labute approximate surface area is 122 Å². The first-order valence-electron chi connectivity index (χ1n) is 6.62. The number of pyridine rings is 1. The van der Waals surface area contributed by atoms with Gasteiger partial charge in [-0.05, 0) is 19.1 Å². The summed E-state index contributed by atoms with van der Waals surface area (Å²) in [5.74, 6) is -0.104. The maximum Gasteiger partial charge on any atom is 0.272 e. The minimum Gasteiger partial charge on any atom is -0.409 e. The average Bonchev–Trinajstić information content (AvgIpc) is 2.52. The Kier molecular flexibility index (Phi) is 4.37. The summed E-state index contributed by atoms with van der Waals surface area (Å²) >= 11 is 0. The molecule has 2 rings (SSSR count). The maximum atomic E-state index is 12.4. The smallest absolute Gasteiger partial charge is 0.272 e. The molecule has 0 saturated carbocycles. The van der Waals surface area contributed by atoms with E-state index in [1.165, 1.54) is 4.90 Å². The second-order valence-corrected chi connectivity index (χ2v) is 4.95. The van der Waals surface area contributed by atoms with E-state index in [9.17, 15) is 4.79 Å². The Morgan fingerprint density at radius 1 is 1.38 bits per heavy atom. The molecule has 1 atom stereocenters. The van der Waals surface area contributed by atoms with E-state index in [1.807, 2.05) is 37.3 Å². The Morgan fingerprint density at radius 3 is 2.81 bits per heavy atom. The number of para-hydroxylation sites is 1. The van der Waals surface area contributed by atoms with Crippen LogP contribution in [-0.4, -0.2) is 39.9 Å². The topological polar surface area (TPSA) is 91.8 Å². The van der Waals surface area contributed by atoms with Crippen molar-refractivity contribution in [3.8, 4) is 0 Å². The lowest BCUT2D eigenvalue weighted by molar-refractivity contribution is 0.0741. The predicted octanol–water partition coefficient (Wildman–Crippen LogP) is 1.83. The summed E-state index contributed by atoms with van der Waals surface area (Å²) in [6.07, 6.45) is 0.298. The van der Waals surface area contributed by atoms with Gasteiger partial charge in [-0.25, -0.2) is 4.98 Å². The number of rotatable bonds is 4. The van der Waals surface area contributed by atoms with E-state index < -0.39 is 0 Å². The lowest BCUT2D eigenvalue weighted by atomic mass is 10.1. The fourth-order valence-electron chi connectivity index (χ4n) is 2.05. The van der Waals surface area contributed by atoms with Crippen LogP contribution in [0.3, 0.4) is 0 Å². The van der Waals surface area contributed by atoms with E-state index in [4.69, 9.17) is 10.9 Å². The van der Waals surface area contributed by atoms with E-state index >= 15 is 0 Å². The number of amides is 1. The third-order valence-corrected chi connectivity index (χ3v) is 3.43. The minimum absolute atomic E-state index is 0.0913. The molecular weight excluding hydrogens is 268 g/mol. The van der Waals surface area contributed by atoms with Crippen LogP contribution >= 0.6 is 0 Å². The van der Waals surface area contributed by atoms with Crippen LogP contribution in [0.15, 0.2) is 41.6 Å². The molecule has 0 fully saturated rings. The van der Waals surface area contributed by atoms with Gasteiger partial charge in [-0.15, -0.1) is 0 Å². The fourth-order valence-corrected chi connectivity index (χ4v) is 2.05. The summed E-state index contributed by atoms with van der Waals surface area (Å²) in [5, 5.41) is 12.5. The van der Waals surface area contributed by atoms with Crippen molar-refractivity contribution in [2.24, 2.45) is 10.9 Å². The molecule has 1 amide bonds. The van der Waals surface area contributed by atoms with E-state index in [1.54, 1.807) is 13.1 Å². The predicted molar refractivity (Wildman–Crippen MR) is 81.3 cm³/mol. The van der Waals surface area contributed by atoms with Crippen LogP contribution in [0, 0.1) is 0 Å². The van der Waals surface area contributed by atoms with Gasteiger partial charge in [0.2, 0.25) is 0 Å². The standard InChI is InChI=1S/C15H18N4O2/c1-10(9-14(16)18-21)19(2)15(20)13-8-7-11-5-3-4-6-12(11)17-13/h3-8,10,21H,9H2,1-2H3,(H2,16,18). The summed E-state index contributed by atoms with van der Waals surface area (Å²) in [7, 11) is 1.68. The highest BCUT2D eigenvalue weighted by atomic mass is 16.4. The molecule has 0 aliphatic heterocycles. The summed E-state index contributed by atoms with van der Waals surface area (Å²) in [4.78, 5) is 18.3. The SMILES string of the molecule is CC(CC(N)=NO)N(C)C(=O)c1ccc2ccccc2n1. The number of oxime groups is 1. The highest BCUT2D eigenvalue weighted by Gasteiger charge is 2.19. The van der Waals surface area contributed by atoms with Crippen molar-refractivity contribution in [3.63, 3.8) is 0 Å². The van der Waals surface area contributed by atoms with Crippen molar-refractivity contribution in [1.82, 2.24) is 9.88 Å². The number of nitrogens with zero attached hydrogens (tertiary/aromatic N) is 3. The van der Waals surface area contributed by atoms with Crippen LogP contribution < -0.4 is 5.73 Å². The number of aromatic nitrogens is 1. The molecular formula is C15H18N4O2. The molecule has 1 aromatic heterocycles. The molecule has 6 heteroatoms. The molecule has 2 aromatic rings. The first-order chi connectivity index (χ1) is 10.0. The van der Waals surface area contributed by atoms with Gasteiger partial charge in [0, 0.05) is 24.9 Å². The van der Waals surface area contributed by atoms with Gasteiger partial charge in [0.1, 0.15) is 11.5 Å². The van der Waals surface area contributed by atoms with Crippen molar-refractivity contribution in [2.45, 2.75) is 19.4 Å². The van der Waals surface area contributed by atoms with Crippen molar-refractivity contribution in [1.29, 1.82) is 0 Å². The van der Waals surface area contributed by atoms with E-state index in [0.717, 1.165) is 10.9 Å². The molecule has 0 spiro atoms. The van der Waals surface area contributed by atoms with Crippen LogP contribution in [0.1, 0.15) is 23.8 Å². The van der Waals surface area contributed by atoms with E-state index in [-0.39, 0.29) is 17.8 Å². The van der Waals surface area contributed by atoms with E-state index in [0.29, 0.717) is 12.1 Å². The molecule has 0 saturated heterocycles. The quantitative estimate of drug-likeness (QED) is 0.388. The molecule has 3 N–H and O–H groups in total. The minimum atomic E-state index is -0.195. The van der Waals surface area contributed by atoms with Crippen molar-refractivity contribution in [2.75, 3.05) is 7.05 Å². The van der Waals surface area contributed by atoms with Gasteiger partial charge in [-0.2, -0.15) is 0 Å². The summed E-state index contributed by atoms with van der Waals surface area (Å²) < 4.78 is 0. The van der Waals surface area contributed by atoms with Crippen LogP contribution in [0.2, 0.25) is 0 Å². The molecule has 0 aliphatic carbocycles. The largest absolute Gasteiger partial charge is 0.409 e. The van der Waals surface area contributed by atoms with Crippen molar-refractivity contribution in [3.05, 3.63) is 42.1 Å². The lowest BCUT2D eigenvalue weighted by Gasteiger charge is -2.24. The number of benzene rings is 1. The molecule has 0 aliphatic rings. The second-order valence-electron chi connectivity index (χ2n) is 4.95. The number of hydrogen-bond acceptors (Lipinski definition) is 4. The van der Waals surface area contributed by atoms with Gasteiger partial charge in [0.15, 0.2) is 0 Å². The van der Waals surface area contributed by atoms with Crippen LogP contribution in [0.5, 0.6) is 0 Å². The normalized spacial score (nSPS) is 13.1. The highest BCUT2D eigenvalue weighted by molar-refractivity contribution is 5.95. The monoisotopic (exact) mass is 286 g/mol. The Balaban J connectivity index is 2.20. The zero-order chi connectivity index (χ0) is 15.4. The number of carbonyl (C=O) groups excluding carboxylic acids is 1. The first kappa shape index (κ1) is 14.8. The third kappa shape index (κ3) is 3.28. The average molecular weight is 286 g/mol. The number of amidine groups is 1. The number of carbonyl (C=O) groups is 1. The summed E-state index contributed by atoms with van der Waals surface area (Å²) in [6.45, 7) is 1.83. The van der Waals surface area contributed by atoms with Crippen LogP contribution in [0.4, 0.5) is 0 Å². The molecule has 110 valence electrons. The number of fused-ring (bicyclic) bond motifs is 1. The Morgan fingerprint density at radius 2 is 2.10 bits per heavy atom. The van der Waals surface area contributed by atoms with Gasteiger partial charge in [0.25, 0.3) is 5.91 Å². The molecule has 1 heterocycles.